The Morgan fingerprint density at radius 2 is 1.93 bits per heavy atom. The second kappa shape index (κ2) is 8.11. The van der Waals surface area contributed by atoms with E-state index in [0.717, 1.165) is 43.1 Å². The van der Waals surface area contributed by atoms with Crippen molar-refractivity contribution in [1.29, 1.82) is 0 Å². The van der Waals surface area contributed by atoms with E-state index in [1.165, 1.54) is 11.1 Å². The number of nitrogens with one attached hydrogen (secondary N) is 2. The van der Waals surface area contributed by atoms with Crippen LogP contribution in [0.2, 0.25) is 0 Å². The van der Waals surface area contributed by atoms with Gasteiger partial charge in [-0.1, -0.05) is 19.1 Å². The number of aryl methyl sites for hydroxylation is 1. The first-order valence-electron chi connectivity index (χ1n) is 10.6. The standard InChI is InChI=1S/C23H31N5O/c1-14-12-26-22(13-25-14)27-23-15(2)16(3)28(17(4)29)21-6-5-19(11-20(21)23)18-7-9-24-10-8-18/h5-6,11-13,15-16,18,23-24H,7-10H2,1-4H3,(H,26,27)/t15-,16-,23?/m0/s1. The van der Waals surface area contributed by atoms with Gasteiger partial charge >= 0.3 is 0 Å². The Labute approximate surface area is 173 Å². The molecule has 1 aromatic heterocycles. The second-order valence-corrected chi connectivity index (χ2v) is 8.50. The zero-order valence-corrected chi connectivity index (χ0v) is 17.8. The maximum atomic E-state index is 12.5. The summed E-state index contributed by atoms with van der Waals surface area (Å²) in [7, 11) is 0. The molecule has 4 rings (SSSR count). The number of amides is 1. The van der Waals surface area contributed by atoms with E-state index in [9.17, 15) is 4.79 Å². The van der Waals surface area contributed by atoms with Crippen molar-refractivity contribution in [2.75, 3.05) is 23.3 Å². The van der Waals surface area contributed by atoms with Crippen LogP contribution in [0.25, 0.3) is 0 Å². The Bertz CT molecular complexity index is 875. The molecule has 1 saturated heterocycles. The highest BCUT2D eigenvalue weighted by Gasteiger charge is 2.38. The number of aromatic nitrogens is 2. The van der Waals surface area contributed by atoms with Gasteiger partial charge in [0.05, 0.1) is 24.1 Å². The SMILES string of the molecule is CC(=O)N1c2ccc(C3CCNCC3)cc2C(Nc2cnc(C)cn2)[C@@H](C)[C@@H]1C. The van der Waals surface area contributed by atoms with Crippen LogP contribution in [0.1, 0.15) is 62.4 Å². The van der Waals surface area contributed by atoms with Gasteiger partial charge in [0.2, 0.25) is 5.91 Å². The lowest BCUT2D eigenvalue weighted by Crippen LogP contribution is -2.48. The predicted molar refractivity (Wildman–Crippen MR) is 116 cm³/mol. The van der Waals surface area contributed by atoms with E-state index in [4.69, 9.17) is 0 Å². The minimum absolute atomic E-state index is 0.0780. The number of carbonyl (C=O) groups is 1. The average Bonchev–Trinajstić information content (AvgIpc) is 2.73. The summed E-state index contributed by atoms with van der Waals surface area (Å²) in [6.45, 7) is 10.1. The smallest absolute Gasteiger partial charge is 0.224 e. The fourth-order valence-corrected chi connectivity index (χ4v) is 4.76. The monoisotopic (exact) mass is 393 g/mol. The van der Waals surface area contributed by atoms with Gasteiger partial charge in [0.15, 0.2) is 0 Å². The normalized spacial score (nSPS) is 24.8. The number of hydrogen-bond donors (Lipinski definition) is 2. The number of benzene rings is 1. The molecule has 2 N–H and O–H groups in total. The zero-order chi connectivity index (χ0) is 20.5. The number of rotatable bonds is 3. The summed E-state index contributed by atoms with van der Waals surface area (Å²) in [5, 5.41) is 7.06. The van der Waals surface area contributed by atoms with Crippen molar-refractivity contribution in [3.05, 3.63) is 47.4 Å². The molecule has 0 bridgehead atoms. The fraction of sp³-hybridized carbons (Fsp3) is 0.522. The molecule has 2 aliphatic rings. The lowest BCUT2D eigenvalue weighted by molar-refractivity contribution is -0.117. The number of piperidine rings is 1. The number of anilines is 2. The molecule has 2 aromatic rings. The summed E-state index contributed by atoms with van der Waals surface area (Å²) >= 11 is 0. The highest BCUT2D eigenvalue weighted by Crippen LogP contribution is 2.44. The third-order valence-electron chi connectivity index (χ3n) is 6.57. The molecule has 154 valence electrons. The summed E-state index contributed by atoms with van der Waals surface area (Å²) < 4.78 is 0. The largest absolute Gasteiger partial charge is 0.362 e. The molecule has 1 unspecified atom stereocenters. The minimum atomic E-state index is 0.0780. The van der Waals surface area contributed by atoms with E-state index in [0.29, 0.717) is 5.92 Å². The van der Waals surface area contributed by atoms with Crippen LogP contribution < -0.4 is 15.5 Å². The van der Waals surface area contributed by atoms with Crippen LogP contribution in [0, 0.1) is 12.8 Å². The van der Waals surface area contributed by atoms with Crippen molar-refractivity contribution >= 4 is 17.4 Å². The summed E-state index contributed by atoms with van der Waals surface area (Å²) in [6, 6.07) is 6.86. The molecular weight excluding hydrogens is 362 g/mol. The van der Waals surface area contributed by atoms with Gasteiger partial charge in [-0.25, -0.2) is 4.98 Å². The molecule has 6 heteroatoms. The van der Waals surface area contributed by atoms with Crippen LogP contribution in [0.5, 0.6) is 0 Å². The van der Waals surface area contributed by atoms with E-state index >= 15 is 0 Å². The van der Waals surface area contributed by atoms with Crippen molar-refractivity contribution in [3.63, 3.8) is 0 Å². The number of carbonyl (C=O) groups excluding carboxylic acids is 1. The molecule has 29 heavy (non-hydrogen) atoms. The lowest BCUT2D eigenvalue weighted by Gasteiger charge is -2.44. The lowest BCUT2D eigenvalue weighted by atomic mass is 9.80. The summed E-state index contributed by atoms with van der Waals surface area (Å²) in [5.41, 5.74) is 4.47. The predicted octanol–water partition coefficient (Wildman–Crippen LogP) is 3.80. The van der Waals surface area contributed by atoms with Crippen molar-refractivity contribution < 1.29 is 4.79 Å². The highest BCUT2D eigenvalue weighted by atomic mass is 16.2. The van der Waals surface area contributed by atoms with E-state index < -0.39 is 0 Å². The quantitative estimate of drug-likeness (QED) is 0.830. The third-order valence-corrected chi connectivity index (χ3v) is 6.57. The van der Waals surface area contributed by atoms with Gasteiger partial charge in [-0.2, -0.15) is 0 Å². The molecule has 0 spiro atoms. The summed E-state index contributed by atoms with van der Waals surface area (Å²) in [5.74, 6) is 1.67. The second-order valence-electron chi connectivity index (χ2n) is 8.50. The first-order valence-corrected chi connectivity index (χ1v) is 10.6. The highest BCUT2D eigenvalue weighted by molar-refractivity contribution is 5.94. The average molecular weight is 394 g/mol. The van der Waals surface area contributed by atoms with Crippen molar-refractivity contribution in [1.82, 2.24) is 15.3 Å². The van der Waals surface area contributed by atoms with Gasteiger partial charge in [-0.15, -0.1) is 0 Å². The molecule has 3 heterocycles. The van der Waals surface area contributed by atoms with E-state index in [-0.39, 0.29) is 23.9 Å². The van der Waals surface area contributed by atoms with Crippen molar-refractivity contribution in [2.45, 2.75) is 58.5 Å². The Hall–Kier alpha value is -2.47. The fourth-order valence-electron chi connectivity index (χ4n) is 4.76. The number of hydrogen-bond acceptors (Lipinski definition) is 5. The van der Waals surface area contributed by atoms with Crippen LogP contribution in [0.15, 0.2) is 30.6 Å². The molecule has 0 radical (unpaired) electrons. The van der Waals surface area contributed by atoms with Gasteiger partial charge in [-0.3, -0.25) is 9.78 Å². The van der Waals surface area contributed by atoms with Crippen LogP contribution in [-0.2, 0) is 4.79 Å². The molecule has 2 aliphatic heterocycles. The molecule has 1 amide bonds. The van der Waals surface area contributed by atoms with Crippen LogP contribution in [-0.4, -0.2) is 35.0 Å². The van der Waals surface area contributed by atoms with E-state index in [1.54, 1.807) is 19.3 Å². The minimum Gasteiger partial charge on any atom is -0.362 e. The summed E-state index contributed by atoms with van der Waals surface area (Å²) in [4.78, 5) is 23.3. The Balaban J connectivity index is 1.75. The number of nitrogens with zero attached hydrogens (tertiary/aromatic N) is 3. The third kappa shape index (κ3) is 3.86. The molecule has 6 nitrogen and oxygen atoms in total. The van der Waals surface area contributed by atoms with Gasteiger partial charge in [0, 0.05) is 24.6 Å². The maximum absolute atomic E-state index is 12.5. The zero-order valence-electron chi connectivity index (χ0n) is 17.8. The maximum Gasteiger partial charge on any atom is 0.224 e. The molecule has 3 atom stereocenters. The molecule has 1 fully saturated rings. The first-order chi connectivity index (χ1) is 14.0. The van der Waals surface area contributed by atoms with Crippen LogP contribution in [0.4, 0.5) is 11.5 Å². The van der Waals surface area contributed by atoms with Crippen LogP contribution in [0.3, 0.4) is 0 Å². The molecule has 1 aromatic carbocycles. The van der Waals surface area contributed by atoms with E-state index in [2.05, 4.69) is 52.6 Å². The molecule has 0 aliphatic carbocycles. The Morgan fingerprint density at radius 3 is 2.59 bits per heavy atom. The molecular formula is C23H31N5O. The topological polar surface area (TPSA) is 70.2 Å². The van der Waals surface area contributed by atoms with Crippen molar-refractivity contribution in [3.8, 4) is 0 Å². The number of fused-ring (bicyclic) bond motifs is 1. The van der Waals surface area contributed by atoms with Gasteiger partial charge in [-0.05, 0) is 62.9 Å². The van der Waals surface area contributed by atoms with E-state index in [1.807, 2.05) is 11.8 Å². The molecule has 0 saturated carbocycles. The van der Waals surface area contributed by atoms with Crippen LogP contribution >= 0.6 is 0 Å². The van der Waals surface area contributed by atoms with Crippen molar-refractivity contribution in [2.24, 2.45) is 5.92 Å². The first kappa shape index (κ1) is 19.8. The summed E-state index contributed by atoms with van der Waals surface area (Å²) in [6.07, 6.45) is 5.89. The van der Waals surface area contributed by atoms with Gasteiger partial charge < -0.3 is 15.5 Å². The Morgan fingerprint density at radius 1 is 1.17 bits per heavy atom. The Kier molecular flexibility index (Phi) is 5.54. The van der Waals surface area contributed by atoms with Gasteiger partial charge in [0.1, 0.15) is 5.82 Å². The van der Waals surface area contributed by atoms with Gasteiger partial charge in [0.25, 0.3) is 0 Å².